The fraction of sp³-hybridized carbons (Fsp3) is 0.556. The van der Waals surface area contributed by atoms with Crippen molar-refractivity contribution in [1.82, 2.24) is 14.7 Å². The van der Waals surface area contributed by atoms with E-state index in [2.05, 4.69) is 18.7 Å². The van der Waals surface area contributed by atoms with Crippen molar-refractivity contribution >= 4 is 23.4 Å². The largest absolute Gasteiger partial charge is 0.339 e. The molecular weight excluding hydrogens is 345 g/mol. The summed E-state index contributed by atoms with van der Waals surface area (Å²) in [7, 11) is 0. The van der Waals surface area contributed by atoms with Crippen molar-refractivity contribution in [2.75, 3.05) is 45.8 Å². The molecule has 2 amide bonds. The van der Waals surface area contributed by atoms with Gasteiger partial charge in [-0.25, -0.2) is 4.39 Å². The molecule has 0 unspecified atom stereocenters. The average Bonchev–Trinajstić information content (AvgIpc) is 2.62. The van der Waals surface area contributed by atoms with E-state index in [1.165, 1.54) is 18.2 Å². The van der Waals surface area contributed by atoms with E-state index in [4.69, 9.17) is 11.6 Å². The monoisotopic (exact) mass is 369 g/mol. The number of carbonyl (C=O) groups excluding carboxylic acids is 2. The second-order valence-electron chi connectivity index (χ2n) is 6.05. The van der Waals surface area contributed by atoms with Crippen LogP contribution in [-0.4, -0.2) is 72.3 Å². The standard InChI is InChI=1S/C18H25ClFN3O2/c1-3-21(4-2)9-8-16(24)22-10-12-23(13-11-22)18(25)17-14(19)6-5-7-15(17)20/h5-7H,3-4,8-13H2,1-2H3. The van der Waals surface area contributed by atoms with Gasteiger partial charge in [-0.2, -0.15) is 0 Å². The maximum atomic E-state index is 13.9. The first-order chi connectivity index (χ1) is 12.0. The van der Waals surface area contributed by atoms with Crippen LogP contribution in [0.5, 0.6) is 0 Å². The Balaban J connectivity index is 1.89. The van der Waals surface area contributed by atoms with Gasteiger partial charge in [0.2, 0.25) is 5.91 Å². The fourth-order valence-corrected chi connectivity index (χ4v) is 3.21. The average molecular weight is 370 g/mol. The predicted molar refractivity (Wildman–Crippen MR) is 96.3 cm³/mol. The minimum Gasteiger partial charge on any atom is -0.339 e. The summed E-state index contributed by atoms with van der Waals surface area (Å²) in [4.78, 5) is 30.3. The molecule has 1 aliphatic heterocycles. The Bertz CT molecular complexity index is 594. The van der Waals surface area contributed by atoms with Gasteiger partial charge < -0.3 is 14.7 Å². The van der Waals surface area contributed by atoms with Crippen LogP contribution in [0.1, 0.15) is 30.6 Å². The van der Waals surface area contributed by atoms with Crippen LogP contribution in [0.3, 0.4) is 0 Å². The second-order valence-corrected chi connectivity index (χ2v) is 6.45. The van der Waals surface area contributed by atoms with Gasteiger partial charge in [-0.15, -0.1) is 0 Å². The molecular formula is C18H25ClFN3O2. The number of rotatable bonds is 6. The molecule has 7 heteroatoms. The molecule has 0 aliphatic carbocycles. The molecule has 1 heterocycles. The highest BCUT2D eigenvalue weighted by Crippen LogP contribution is 2.21. The Morgan fingerprint density at radius 3 is 2.28 bits per heavy atom. The van der Waals surface area contributed by atoms with Crippen LogP contribution in [-0.2, 0) is 4.79 Å². The quantitative estimate of drug-likeness (QED) is 0.773. The SMILES string of the molecule is CCN(CC)CCC(=O)N1CCN(C(=O)c2c(F)cccc2Cl)CC1. The van der Waals surface area contributed by atoms with Gasteiger partial charge in [0.05, 0.1) is 10.6 Å². The van der Waals surface area contributed by atoms with Gasteiger partial charge >= 0.3 is 0 Å². The molecule has 0 radical (unpaired) electrons. The topological polar surface area (TPSA) is 43.9 Å². The zero-order valence-electron chi connectivity index (χ0n) is 14.8. The Morgan fingerprint density at radius 2 is 1.72 bits per heavy atom. The number of piperazine rings is 1. The zero-order chi connectivity index (χ0) is 18.4. The normalized spacial score (nSPS) is 14.9. The molecule has 2 rings (SSSR count). The van der Waals surface area contributed by atoms with Crippen LogP contribution in [0.2, 0.25) is 5.02 Å². The van der Waals surface area contributed by atoms with E-state index in [0.717, 1.165) is 19.6 Å². The number of halogens is 2. The van der Waals surface area contributed by atoms with E-state index in [1.54, 1.807) is 9.80 Å². The molecule has 0 bridgehead atoms. The molecule has 0 N–H and O–H groups in total. The van der Waals surface area contributed by atoms with Gasteiger partial charge in [0.25, 0.3) is 5.91 Å². The van der Waals surface area contributed by atoms with Gasteiger partial charge in [0.15, 0.2) is 0 Å². The lowest BCUT2D eigenvalue weighted by molar-refractivity contribution is -0.133. The van der Waals surface area contributed by atoms with Crippen LogP contribution in [0, 0.1) is 5.82 Å². The maximum absolute atomic E-state index is 13.9. The summed E-state index contributed by atoms with van der Waals surface area (Å²) in [5.41, 5.74) is -0.0922. The minimum absolute atomic E-state index is 0.0922. The number of nitrogens with zero attached hydrogens (tertiary/aromatic N) is 3. The molecule has 0 aromatic heterocycles. The van der Waals surface area contributed by atoms with Crippen LogP contribution >= 0.6 is 11.6 Å². The van der Waals surface area contributed by atoms with Crippen LogP contribution in [0.25, 0.3) is 0 Å². The van der Waals surface area contributed by atoms with Crippen molar-refractivity contribution < 1.29 is 14.0 Å². The third-order valence-corrected chi connectivity index (χ3v) is 4.95. The maximum Gasteiger partial charge on any atom is 0.258 e. The van der Waals surface area contributed by atoms with Crippen molar-refractivity contribution in [2.45, 2.75) is 20.3 Å². The van der Waals surface area contributed by atoms with E-state index < -0.39 is 11.7 Å². The third-order valence-electron chi connectivity index (χ3n) is 4.63. The van der Waals surface area contributed by atoms with Gasteiger partial charge in [0, 0.05) is 39.1 Å². The van der Waals surface area contributed by atoms with Crippen molar-refractivity contribution in [3.05, 3.63) is 34.6 Å². The first-order valence-electron chi connectivity index (χ1n) is 8.71. The number of benzene rings is 1. The molecule has 138 valence electrons. The van der Waals surface area contributed by atoms with Crippen molar-refractivity contribution in [3.63, 3.8) is 0 Å². The summed E-state index contributed by atoms with van der Waals surface area (Å²) in [6.45, 7) is 8.46. The Morgan fingerprint density at radius 1 is 1.12 bits per heavy atom. The highest BCUT2D eigenvalue weighted by molar-refractivity contribution is 6.33. The number of hydrogen-bond donors (Lipinski definition) is 0. The van der Waals surface area contributed by atoms with Gasteiger partial charge in [0.1, 0.15) is 5.82 Å². The Kier molecular flexibility index (Phi) is 7.20. The first-order valence-corrected chi connectivity index (χ1v) is 9.09. The van der Waals surface area contributed by atoms with Crippen molar-refractivity contribution in [3.8, 4) is 0 Å². The van der Waals surface area contributed by atoms with Crippen LogP contribution in [0.15, 0.2) is 18.2 Å². The van der Waals surface area contributed by atoms with E-state index in [9.17, 15) is 14.0 Å². The fourth-order valence-electron chi connectivity index (χ4n) is 2.97. The molecule has 0 saturated carbocycles. The van der Waals surface area contributed by atoms with E-state index in [1.807, 2.05) is 0 Å². The molecule has 1 aromatic carbocycles. The van der Waals surface area contributed by atoms with Gasteiger partial charge in [-0.3, -0.25) is 9.59 Å². The molecule has 5 nitrogen and oxygen atoms in total. The van der Waals surface area contributed by atoms with Crippen LogP contribution in [0.4, 0.5) is 4.39 Å². The van der Waals surface area contributed by atoms with Gasteiger partial charge in [-0.1, -0.05) is 31.5 Å². The van der Waals surface area contributed by atoms with Crippen molar-refractivity contribution in [1.29, 1.82) is 0 Å². The number of amides is 2. The summed E-state index contributed by atoms with van der Waals surface area (Å²) in [6, 6.07) is 4.21. The smallest absolute Gasteiger partial charge is 0.258 e. The third kappa shape index (κ3) is 4.92. The molecule has 0 spiro atoms. The lowest BCUT2D eigenvalue weighted by Crippen LogP contribution is -2.51. The summed E-state index contributed by atoms with van der Waals surface area (Å²) >= 11 is 5.96. The van der Waals surface area contributed by atoms with Crippen molar-refractivity contribution in [2.24, 2.45) is 0 Å². The molecule has 1 aliphatic rings. The molecule has 1 fully saturated rings. The zero-order valence-corrected chi connectivity index (χ0v) is 15.6. The van der Waals surface area contributed by atoms with E-state index in [0.29, 0.717) is 32.6 Å². The lowest BCUT2D eigenvalue weighted by atomic mass is 10.1. The Hall–Kier alpha value is -1.66. The molecule has 0 atom stereocenters. The summed E-state index contributed by atoms with van der Waals surface area (Å²) in [6.07, 6.45) is 0.481. The number of hydrogen-bond acceptors (Lipinski definition) is 3. The first kappa shape index (κ1) is 19.7. The van der Waals surface area contributed by atoms with E-state index >= 15 is 0 Å². The summed E-state index contributed by atoms with van der Waals surface area (Å²) < 4.78 is 13.9. The van der Waals surface area contributed by atoms with Crippen LogP contribution < -0.4 is 0 Å². The molecule has 1 aromatic rings. The number of carbonyl (C=O) groups is 2. The summed E-state index contributed by atoms with van der Waals surface area (Å²) in [5.74, 6) is -0.934. The van der Waals surface area contributed by atoms with Gasteiger partial charge in [-0.05, 0) is 25.2 Å². The predicted octanol–water partition coefficient (Wildman–Crippen LogP) is 2.50. The van der Waals surface area contributed by atoms with E-state index in [-0.39, 0.29) is 16.5 Å². The molecule has 25 heavy (non-hydrogen) atoms. The second kappa shape index (κ2) is 9.15. The Labute approximate surface area is 153 Å². The minimum atomic E-state index is -0.616. The lowest BCUT2D eigenvalue weighted by Gasteiger charge is -2.35. The summed E-state index contributed by atoms with van der Waals surface area (Å²) in [5, 5.41) is 0.114. The highest BCUT2D eigenvalue weighted by Gasteiger charge is 2.27. The highest BCUT2D eigenvalue weighted by atomic mass is 35.5. The molecule has 1 saturated heterocycles.